The van der Waals surface area contributed by atoms with E-state index >= 15 is 0 Å². The molecular formula is C49H41N5O. The number of hydrogen-bond acceptors (Lipinski definition) is 4. The minimum absolute atomic E-state index is 0.0113. The lowest BCUT2D eigenvalue weighted by Crippen LogP contribution is -2.25. The van der Waals surface area contributed by atoms with Crippen LogP contribution in [-0.4, -0.2) is 20.8 Å². The number of ether oxygens (including phenoxy) is 1. The molecule has 0 fully saturated rings. The number of nitrogens with zero attached hydrogens (tertiary/aromatic N) is 5. The van der Waals surface area contributed by atoms with Gasteiger partial charge in [-0.1, -0.05) is 112 Å². The number of benzene rings is 7. The second-order valence-corrected chi connectivity index (χ2v) is 15.4. The highest BCUT2D eigenvalue weighted by molar-refractivity contribution is 6.09. The van der Waals surface area contributed by atoms with Crippen LogP contribution in [0.3, 0.4) is 0 Å². The van der Waals surface area contributed by atoms with Crippen LogP contribution < -0.4 is 14.5 Å². The second-order valence-electron chi connectivity index (χ2n) is 15.4. The van der Waals surface area contributed by atoms with Crippen LogP contribution in [0, 0.1) is 0 Å². The van der Waals surface area contributed by atoms with Crippen molar-refractivity contribution in [3.8, 4) is 28.6 Å². The first-order chi connectivity index (χ1) is 26.8. The van der Waals surface area contributed by atoms with Crippen LogP contribution in [0.5, 0.6) is 11.5 Å². The Morgan fingerprint density at radius 2 is 1.24 bits per heavy atom. The molecule has 0 saturated heterocycles. The Morgan fingerprint density at radius 3 is 2.04 bits per heavy atom. The summed E-state index contributed by atoms with van der Waals surface area (Å²) in [6, 6.07) is 58.0. The fraction of sp³-hybridized carbons (Fsp3) is 0.122. The molecule has 0 amide bonds. The molecule has 7 aromatic carbocycles. The molecule has 10 rings (SSSR count). The molecule has 0 saturated carbocycles. The largest absolute Gasteiger partial charge is 0.457 e. The minimum atomic E-state index is 0.0113. The molecule has 3 heterocycles. The maximum atomic E-state index is 6.71. The van der Waals surface area contributed by atoms with Gasteiger partial charge in [0.2, 0.25) is 5.95 Å². The second kappa shape index (κ2) is 12.7. The Bertz CT molecular complexity index is 2900. The van der Waals surface area contributed by atoms with Crippen molar-refractivity contribution in [2.75, 3.05) is 16.5 Å². The van der Waals surface area contributed by atoms with Gasteiger partial charge in [-0.25, -0.2) is 4.98 Å². The van der Waals surface area contributed by atoms with E-state index in [1.807, 2.05) is 12.1 Å². The zero-order chi connectivity index (χ0) is 37.3. The first kappa shape index (κ1) is 32.8. The lowest BCUT2D eigenvalue weighted by Gasteiger charge is -2.27. The fourth-order valence-electron chi connectivity index (χ4n) is 8.14. The third kappa shape index (κ3) is 5.52. The number of hydrogen-bond donors (Lipinski definition) is 0. The molecule has 0 radical (unpaired) electrons. The lowest BCUT2D eigenvalue weighted by molar-refractivity contribution is 0.483. The van der Waals surface area contributed by atoms with E-state index in [9.17, 15) is 0 Å². The Labute approximate surface area is 321 Å². The number of rotatable bonds is 6. The highest BCUT2D eigenvalue weighted by Gasteiger charge is 2.30. The highest BCUT2D eigenvalue weighted by atomic mass is 16.5. The molecule has 268 valence electrons. The van der Waals surface area contributed by atoms with Crippen LogP contribution in [0.1, 0.15) is 26.3 Å². The highest BCUT2D eigenvalue weighted by Crippen LogP contribution is 2.48. The van der Waals surface area contributed by atoms with Gasteiger partial charge in [-0.3, -0.25) is 4.57 Å². The molecule has 1 aliphatic heterocycles. The van der Waals surface area contributed by atoms with Gasteiger partial charge >= 0.3 is 0 Å². The molecule has 0 atom stereocenters. The Balaban J connectivity index is 1.03. The smallest absolute Gasteiger partial charge is 0.215 e. The summed E-state index contributed by atoms with van der Waals surface area (Å²) < 4.78 is 11.1. The van der Waals surface area contributed by atoms with E-state index in [1.54, 1.807) is 0 Å². The van der Waals surface area contributed by atoms with Crippen LogP contribution >= 0.6 is 0 Å². The van der Waals surface area contributed by atoms with Gasteiger partial charge in [0.15, 0.2) is 0 Å². The summed E-state index contributed by atoms with van der Waals surface area (Å²) >= 11 is 0. The minimum Gasteiger partial charge on any atom is -0.457 e. The summed E-state index contributed by atoms with van der Waals surface area (Å²) in [5, 5.41) is 2.33. The van der Waals surface area contributed by atoms with Crippen LogP contribution in [0.2, 0.25) is 0 Å². The summed E-state index contributed by atoms with van der Waals surface area (Å²) in [5.74, 6) is 2.41. The van der Waals surface area contributed by atoms with E-state index < -0.39 is 0 Å². The summed E-state index contributed by atoms with van der Waals surface area (Å²) in [4.78, 5) is 9.92. The van der Waals surface area contributed by atoms with Gasteiger partial charge in [0.05, 0.1) is 39.1 Å². The van der Waals surface area contributed by atoms with Gasteiger partial charge in [-0.2, -0.15) is 0 Å². The predicted octanol–water partition coefficient (Wildman–Crippen LogP) is 12.7. The quantitative estimate of drug-likeness (QED) is 0.172. The third-order valence-corrected chi connectivity index (χ3v) is 11.0. The van der Waals surface area contributed by atoms with Crippen molar-refractivity contribution in [2.45, 2.75) is 26.2 Å². The Morgan fingerprint density at radius 1 is 0.545 bits per heavy atom. The molecule has 0 unspecified atom stereocenters. The van der Waals surface area contributed by atoms with Crippen molar-refractivity contribution in [3.05, 3.63) is 169 Å². The van der Waals surface area contributed by atoms with E-state index in [0.29, 0.717) is 6.67 Å². The Hall–Kier alpha value is -6.79. The van der Waals surface area contributed by atoms with Crippen molar-refractivity contribution < 1.29 is 4.74 Å². The molecular weight excluding hydrogens is 675 g/mol. The average Bonchev–Trinajstić information content (AvgIpc) is 3.87. The van der Waals surface area contributed by atoms with Crippen molar-refractivity contribution >= 4 is 55.6 Å². The van der Waals surface area contributed by atoms with Gasteiger partial charge < -0.3 is 19.1 Å². The maximum Gasteiger partial charge on any atom is 0.215 e. The van der Waals surface area contributed by atoms with Gasteiger partial charge in [0.1, 0.15) is 18.2 Å². The summed E-state index contributed by atoms with van der Waals surface area (Å²) in [7, 11) is 2.08. The monoisotopic (exact) mass is 715 g/mol. The first-order valence-corrected chi connectivity index (χ1v) is 18.9. The zero-order valence-corrected chi connectivity index (χ0v) is 31.4. The average molecular weight is 716 g/mol. The topological polar surface area (TPSA) is 38.5 Å². The molecule has 6 nitrogen and oxygen atoms in total. The number of aryl methyl sites for hydroxylation is 1. The third-order valence-electron chi connectivity index (χ3n) is 11.0. The predicted molar refractivity (Wildman–Crippen MR) is 228 cm³/mol. The number of anilines is 4. The normalized spacial score (nSPS) is 12.9. The molecule has 55 heavy (non-hydrogen) atoms. The van der Waals surface area contributed by atoms with Crippen molar-refractivity contribution in [3.63, 3.8) is 0 Å². The molecule has 2 aromatic heterocycles. The fourth-order valence-corrected chi connectivity index (χ4v) is 8.14. The number of imidazole rings is 1. The zero-order valence-electron chi connectivity index (χ0n) is 31.4. The van der Waals surface area contributed by atoms with E-state index in [4.69, 9.17) is 9.72 Å². The van der Waals surface area contributed by atoms with Crippen LogP contribution in [0.4, 0.5) is 22.7 Å². The van der Waals surface area contributed by atoms with Crippen LogP contribution in [0.15, 0.2) is 164 Å². The van der Waals surface area contributed by atoms with E-state index in [1.165, 1.54) is 33.5 Å². The summed E-state index contributed by atoms with van der Waals surface area (Å²) in [5.41, 5.74) is 12.6. The van der Waals surface area contributed by atoms with Crippen molar-refractivity contribution in [1.82, 2.24) is 14.1 Å². The molecule has 0 aliphatic carbocycles. The standard InChI is InChI=1S/C49H41N5O/c1-49(2,3)34-25-27-38(33-15-6-5-7-16-33)46(29-34)53-32-52(44-23-12-13-24-45(44)53)35-17-14-18-36(30-35)55-37-26-28-40-39-19-8-10-21-42(39)54(47(40)31-37)48-50-41-20-9-11-22-43(41)51(48)4/h5-31H,32H2,1-4H3. The SMILES string of the molecule is Cn1c(-n2c3ccccc3c3ccc(Oc4cccc(N5CN(c6cc(C(C)(C)C)ccc6-c6ccccc6)c6ccccc65)c4)cc32)nc2ccccc21. The van der Waals surface area contributed by atoms with Gasteiger partial charge in [0, 0.05) is 41.2 Å². The first-order valence-electron chi connectivity index (χ1n) is 18.9. The van der Waals surface area contributed by atoms with E-state index in [-0.39, 0.29) is 5.41 Å². The summed E-state index contributed by atoms with van der Waals surface area (Å²) in [6.07, 6.45) is 0. The van der Waals surface area contributed by atoms with Gasteiger partial charge in [-0.15, -0.1) is 0 Å². The van der Waals surface area contributed by atoms with Crippen LogP contribution in [0.25, 0.3) is 49.9 Å². The van der Waals surface area contributed by atoms with Gasteiger partial charge in [0.25, 0.3) is 0 Å². The summed E-state index contributed by atoms with van der Waals surface area (Å²) in [6.45, 7) is 7.51. The molecule has 0 spiro atoms. The Kier molecular flexibility index (Phi) is 7.56. The number of para-hydroxylation sites is 5. The number of fused-ring (bicyclic) bond motifs is 5. The molecule has 1 aliphatic rings. The number of aromatic nitrogens is 3. The maximum absolute atomic E-state index is 6.71. The lowest BCUT2D eigenvalue weighted by atomic mass is 9.85. The molecule has 6 heteroatoms. The van der Waals surface area contributed by atoms with Crippen molar-refractivity contribution in [2.24, 2.45) is 7.05 Å². The van der Waals surface area contributed by atoms with E-state index in [0.717, 1.165) is 56.3 Å². The molecule has 0 bridgehead atoms. The van der Waals surface area contributed by atoms with E-state index in [2.05, 4.69) is 198 Å². The van der Waals surface area contributed by atoms with Gasteiger partial charge in [-0.05, 0) is 77.2 Å². The molecule has 0 N–H and O–H groups in total. The van der Waals surface area contributed by atoms with Crippen molar-refractivity contribution in [1.29, 1.82) is 0 Å². The molecule has 9 aromatic rings. The van der Waals surface area contributed by atoms with Crippen LogP contribution in [-0.2, 0) is 12.5 Å².